The number of nitrogens with one attached hydrogen (secondary N) is 1. The first-order chi connectivity index (χ1) is 6.86. The molecule has 0 aromatic carbocycles. The van der Waals surface area contributed by atoms with Crippen LogP contribution in [-0.4, -0.2) is 19.7 Å². The first-order valence-electron chi connectivity index (χ1n) is 5.22. The van der Waals surface area contributed by atoms with Gasteiger partial charge in [0.1, 0.15) is 0 Å². The molecule has 14 heavy (non-hydrogen) atoms. The molecule has 2 heterocycles. The summed E-state index contributed by atoms with van der Waals surface area (Å²) >= 11 is 1.77. The highest BCUT2D eigenvalue weighted by Crippen LogP contribution is 2.23. The second kappa shape index (κ2) is 4.91. The van der Waals surface area contributed by atoms with Crippen molar-refractivity contribution in [2.24, 2.45) is 5.92 Å². The maximum atomic E-state index is 5.84. The Labute approximate surface area is 89.3 Å². The van der Waals surface area contributed by atoms with Crippen LogP contribution in [0, 0.1) is 5.92 Å². The molecule has 78 valence electrons. The summed E-state index contributed by atoms with van der Waals surface area (Å²) in [5, 5.41) is 5.46. The average Bonchev–Trinajstić information content (AvgIpc) is 2.87. The Morgan fingerprint density at radius 1 is 1.71 bits per heavy atom. The number of hydrogen-bond donors (Lipinski definition) is 1. The Kier molecular flexibility index (Phi) is 3.56. The van der Waals surface area contributed by atoms with Crippen molar-refractivity contribution in [1.29, 1.82) is 0 Å². The van der Waals surface area contributed by atoms with E-state index in [4.69, 9.17) is 4.74 Å². The minimum Gasteiger partial charge on any atom is -0.373 e. The fraction of sp³-hybridized carbons (Fsp3) is 0.636. The van der Waals surface area contributed by atoms with Crippen molar-refractivity contribution < 1.29 is 4.74 Å². The van der Waals surface area contributed by atoms with Gasteiger partial charge in [-0.25, -0.2) is 0 Å². The molecule has 3 heteroatoms. The van der Waals surface area contributed by atoms with Crippen LogP contribution in [0.3, 0.4) is 0 Å². The maximum Gasteiger partial charge on any atom is 0.0888 e. The second-order valence-electron chi connectivity index (χ2n) is 3.85. The van der Waals surface area contributed by atoms with E-state index in [1.54, 1.807) is 11.3 Å². The van der Waals surface area contributed by atoms with E-state index in [-0.39, 0.29) is 6.10 Å². The molecule has 0 unspecified atom stereocenters. The predicted molar refractivity (Wildman–Crippen MR) is 59.7 cm³/mol. The molecule has 0 aliphatic carbocycles. The van der Waals surface area contributed by atoms with Crippen molar-refractivity contribution >= 4 is 11.3 Å². The summed E-state index contributed by atoms with van der Waals surface area (Å²) in [4.78, 5) is 1.33. The van der Waals surface area contributed by atoms with Crippen LogP contribution in [0.5, 0.6) is 0 Å². The molecule has 1 aliphatic heterocycles. The smallest absolute Gasteiger partial charge is 0.0888 e. The highest BCUT2D eigenvalue weighted by Gasteiger charge is 2.16. The zero-order chi connectivity index (χ0) is 9.80. The molecule has 0 spiro atoms. The lowest BCUT2D eigenvalue weighted by atomic mass is 10.1. The molecule has 1 saturated heterocycles. The van der Waals surface area contributed by atoms with Gasteiger partial charge in [0.05, 0.1) is 12.7 Å². The van der Waals surface area contributed by atoms with Gasteiger partial charge in [-0.05, 0) is 37.3 Å². The molecular weight excluding hydrogens is 194 g/mol. The van der Waals surface area contributed by atoms with Crippen LogP contribution in [-0.2, 0) is 4.74 Å². The molecule has 1 aliphatic rings. The molecule has 1 aromatic rings. The van der Waals surface area contributed by atoms with Gasteiger partial charge in [-0.1, -0.05) is 6.07 Å². The van der Waals surface area contributed by atoms with E-state index in [1.165, 1.54) is 11.3 Å². The van der Waals surface area contributed by atoms with Crippen molar-refractivity contribution in [3.05, 3.63) is 22.4 Å². The van der Waals surface area contributed by atoms with Crippen LogP contribution in [0.25, 0.3) is 0 Å². The largest absolute Gasteiger partial charge is 0.373 e. The quantitative estimate of drug-likeness (QED) is 0.826. The Bertz CT molecular complexity index is 254. The Hall–Kier alpha value is -0.380. The van der Waals surface area contributed by atoms with Crippen LogP contribution in [0.2, 0.25) is 0 Å². The van der Waals surface area contributed by atoms with E-state index >= 15 is 0 Å². The van der Waals surface area contributed by atoms with Crippen LogP contribution < -0.4 is 5.32 Å². The molecular formula is C11H17NOS. The summed E-state index contributed by atoms with van der Waals surface area (Å²) in [6, 6.07) is 4.22. The molecule has 2 rings (SSSR count). The van der Waals surface area contributed by atoms with E-state index in [0.717, 1.165) is 25.6 Å². The minimum absolute atomic E-state index is 0.260. The normalized spacial score (nSPS) is 23.9. The van der Waals surface area contributed by atoms with Crippen LogP contribution in [0.4, 0.5) is 0 Å². The molecule has 0 bridgehead atoms. The van der Waals surface area contributed by atoms with E-state index in [0.29, 0.717) is 0 Å². The second-order valence-corrected chi connectivity index (χ2v) is 4.83. The highest BCUT2D eigenvalue weighted by molar-refractivity contribution is 7.10. The fourth-order valence-electron chi connectivity index (χ4n) is 1.74. The van der Waals surface area contributed by atoms with Gasteiger partial charge in [0.15, 0.2) is 0 Å². The van der Waals surface area contributed by atoms with E-state index in [2.05, 4.69) is 29.8 Å². The summed E-state index contributed by atoms with van der Waals surface area (Å²) in [5.74, 6) is 0.720. The molecule has 0 radical (unpaired) electrons. The van der Waals surface area contributed by atoms with E-state index in [1.807, 2.05) is 0 Å². The summed E-state index contributed by atoms with van der Waals surface area (Å²) in [6.07, 6.45) is 1.52. The number of ether oxygens (including phenoxy) is 1. The third kappa shape index (κ3) is 2.56. The topological polar surface area (TPSA) is 21.3 Å². The third-order valence-electron chi connectivity index (χ3n) is 2.69. The summed E-state index contributed by atoms with van der Waals surface area (Å²) in [6.45, 7) is 5.30. The summed E-state index contributed by atoms with van der Waals surface area (Å²) in [7, 11) is 0. The van der Waals surface area contributed by atoms with E-state index < -0.39 is 0 Å². The average molecular weight is 211 g/mol. The Balaban J connectivity index is 1.74. The van der Waals surface area contributed by atoms with Gasteiger partial charge in [0.25, 0.3) is 0 Å². The molecule has 1 aromatic heterocycles. The van der Waals surface area contributed by atoms with Crippen molar-refractivity contribution in [2.45, 2.75) is 19.4 Å². The molecule has 2 nitrogen and oxygen atoms in total. The fourth-order valence-corrected chi connectivity index (χ4v) is 2.47. The number of rotatable bonds is 4. The Morgan fingerprint density at radius 2 is 2.64 bits per heavy atom. The first-order valence-corrected chi connectivity index (χ1v) is 6.10. The summed E-state index contributed by atoms with van der Waals surface area (Å²) in [5.41, 5.74) is 0. The predicted octanol–water partition coefficient (Wildman–Crippen LogP) is 2.44. The lowest BCUT2D eigenvalue weighted by molar-refractivity contribution is 0.0456. The molecule has 1 N–H and O–H groups in total. The Morgan fingerprint density at radius 3 is 3.29 bits per heavy atom. The van der Waals surface area contributed by atoms with Gasteiger partial charge >= 0.3 is 0 Å². The van der Waals surface area contributed by atoms with E-state index in [9.17, 15) is 0 Å². The molecule has 0 amide bonds. The zero-order valence-electron chi connectivity index (χ0n) is 8.53. The third-order valence-corrected chi connectivity index (χ3v) is 3.72. The lowest BCUT2D eigenvalue weighted by Crippen LogP contribution is -2.14. The van der Waals surface area contributed by atoms with Crippen molar-refractivity contribution in [2.75, 3.05) is 19.7 Å². The SMILES string of the molecule is C[C@@H](OC[C@H]1CCNC1)c1cccs1. The molecule has 0 saturated carbocycles. The minimum atomic E-state index is 0.260. The van der Waals surface area contributed by atoms with Gasteiger partial charge in [-0.15, -0.1) is 11.3 Å². The van der Waals surface area contributed by atoms with Gasteiger partial charge in [0.2, 0.25) is 0 Å². The van der Waals surface area contributed by atoms with Crippen molar-refractivity contribution in [1.82, 2.24) is 5.32 Å². The van der Waals surface area contributed by atoms with Crippen LogP contribution in [0.15, 0.2) is 17.5 Å². The van der Waals surface area contributed by atoms with Gasteiger partial charge in [0, 0.05) is 11.4 Å². The van der Waals surface area contributed by atoms with Crippen LogP contribution in [0.1, 0.15) is 24.3 Å². The highest BCUT2D eigenvalue weighted by atomic mass is 32.1. The lowest BCUT2D eigenvalue weighted by Gasteiger charge is -2.14. The van der Waals surface area contributed by atoms with Gasteiger partial charge in [-0.3, -0.25) is 0 Å². The molecule has 1 fully saturated rings. The maximum absolute atomic E-state index is 5.84. The van der Waals surface area contributed by atoms with Crippen molar-refractivity contribution in [3.8, 4) is 0 Å². The number of thiophene rings is 1. The monoisotopic (exact) mass is 211 g/mol. The van der Waals surface area contributed by atoms with Gasteiger partial charge in [-0.2, -0.15) is 0 Å². The molecule has 2 atom stereocenters. The first kappa shape index (κ1) is 10.1. The number of hydrogen-bond acceptors (Lipinski definition) is 3. The summed E-state index contributed by atoms with van der Waals surface area (Å²) < 4.78 is 5.84. The van der Waals surface area contributed by atoms with Gasteiger partial charge < -0.3 is 10.1 Å². The standard InChI is InChI=1S/C11H17NOS/c1-9(11-3-2-6-14-11)13-8-10-4-5-12-7-10/h2-3,6,9-10,12H,4-5,7-8H2,1H3/t9-,10+/m1/s1. The van der Waals surface area contributed by atoms with Crippen LogP contribution >= 0.6 is 11.3 Å². The van der Waals surface area contributed by atoms with Crippen molar-refractivity contribution in [3.63, 3.8) is 0 Å². The zero-order valence-corrected chi connectivity index (χ0v) is 9.35.